The highest BCUT2D eigenvalue weighted by molar-refractivity contribution is 7.87. The van der Waals surface area contributed by atoms with Crippen LogP contribution in [0.5, 0.6) is 0 Å². The highest BCUT2D eigenvalue weighted by Gasteiger charge is 2.26. The molecule has 0 amide bonds. The fourth-order valence-electron chi connectivity index (χ4n) is 1.93. The third-order valence-corrected chi connectivity index (χ3v) is 4.68. The lowest BCUT2D eigenvalue weighted by atomic mass is 10.1. The zero-order valence-electron chi connectivity index (χ0n) is 10.7. The maximum atomic E-state index is 13.1. The van der Waals surface area contributed by atoms with Crippen LogP contribution in [-0.2, 0) is 14.9 Å². The summed E-state index contributed by atoms with van der Waals surface area (Å²) >= 11 is 0. The Hall–Kier alpha value is -1.02. The minimum atomic E-state index is -3.56. The van der Waals surface area contributed by atoms with E-state index in [4.69, 9.17) is 4.74 Å². The van der Waals surface area contributed by atoms with E-state index in [2.05, 4.69) is 4.72 Å². The number of benzene rings is 1. The molecular formula is C12H17FN2O3S. The molecule has 1 atom stereocenters. The number of hydrogen-bond donors (Lipinski definition) is 1. The van der Waals surface area contributed by atoms with Crippen molar-refractivity contribution in [1.29, 1.82) is 0 Å². The second kappa shape index (κ2) is 5.96. The fraction of sp³-hybridized carbons (Fsp3) is 0.500. The second-order valence-corrected chi connectivity index (χ2v) is 6.11. The molecule has 1 unspecified atom stereocenters. The van der Waals surface area contributed by atoms with E-state index in [0.717, 1.165) is 0 Å². The standard InChI is InChI=1S/C12H17FN2O3S/c1-10(11-3-2-4-12(13)9-11)14-19(16,17)15-5-7-18-8-6-15/h2-4,9-10,14H,5-8H2,1H3. The van der Waals surface area contributed by atoms with Crippen molar-refractivity contribution in [2.24, 2.45) is 0 Å². The smallest absolute Gasteiger partial charge is 0.280 e. The molecular weight excluding hydrogens is 271 g/mol. The summed E-state index contributed by atoms with van der Waals surface area (Å²) in [5.41, 5.74) is 0.594. The first kappa shape index (κ1) is 14.4. The average Bonchev–Trinajstić information content (AvgIpc) is 2.39. The Morgan fingerprint density at radius 1 is 1.37 bits per heavy atom. The van der Waals surface area contributed by atoms with Gasteiger partial charge in [-0.3, -0.25) is 0 Å². The lowest BCUT2D eigenvalue weighted by molar-refractivity contribution is 0.0723. The van der Waals surface area contributed by atoms with Crippen molar-refractivity contribution in [3.05, 3.63) is 35.6 Å². The molecule has 1 aliphatic heterocycles. The number of nitrogens with zero attached hydrogens (tertiary/aromatic N) is 1. The molecule has 0 spiro atoms. The predicted octanol–water partition coefficient (Wildman–Crippen LogP) is 1.05. The van der Waals surface area contributed by atoms with Crippen LogP contribution in [0.15, 0.2) is 24.3 Å². The summed E-state index contributed by atoms with van der Waals surface area (Å²) < 4.78 is 46.4. The predicted molar refractivity (Wildman–Crippen MR) is 69.3 cm³/mol. The molecule has 0 radical (unpaired) electrons. The van der Waals surface area contributed by atoms with Crippen LogP contribution < -0.4 is 4.72 Å². The summed E-state index contributed by atoms with van der Waals surface area (Å²) in [6.45, 7) is 3.16. The van der Waals surface area contributed by atoms with Gasteiger partial charge in [0.05, 0.1) is 13.2 Å². The topological polar surface area (TPSA) is 58.6 Å². The Balaban J connectivity index is 2.07. The van der Waals surface area contributed by atoms with E-state index >= 15 is 0 Å². The average molecular weight is 288 g/mol. The maximum Gasteiger partial charge on any atom is 0.280 e. The van der Waals surface area contributed by atoms with Gasteiger partial charge in [-0.1, -0.05) is 12.1 Å². The van der Waals surface area contributed by atoms with Crippen LogP contribution in [-0.4, -0.2) is 39.0 Å². The molecule has 2 rings (SSSR count). The zero-order chi connectivity index (χ0) is 13.9. The number of rotatable bonds is 4. The van der Waals surface area contributed by atoms with Gasteiger partial charge in [-0.25, -0.2) is 4.39 Å². The van der Waals surface area contributed by atoms with Crippen LogP contribution in [0.3, 0.4) is 0 Å². The molecule has 1 aliphatic rings. The Kier molecular flexibility index (Phi) is 4.51. The maximum absolute atomic E-state index is 13.1. The number of ether oxygens (including phenoxy) is 1. The Bertz CT molecular complexity index is 530. The van der Waals surface area contributed by atoms with E-state index in [0.29, 0.717) is 31.9 Å². The lowest BCUT2D eigenvalue weighted by Crippen LogP contribution is -2.47. The van der Waals surface area contributed by atoms with Gasteiger partial charge in [-0.2, -0.15) is 17.4 Å². The summed E-state index contributed by atoms with van der Waals surface area (Å²) in [6, 6.07) is 5.42. The van der Waals surface area contributed by atoms with E-state index in [1.807, 2.05) is 0 Å². The number of halogens is 1. The minimum Gasteiger partial charge on any atom is -0.379 e. The first-order chi connectivity index (χ1) is 8.99. The quantitative estimate of drug-likeness (QED) is 0.901. The van der Waals surface area contributed by atoms with Crippen LogP contribution in [0.1, 0.15) is 18.5 Å². The lowest BCUT2D eigenvalue weighted by Gasteiger charge is -2.27. The molecule has 1 aromatic carbocycles. The number of hydrogen-bond acceptors (Lipinski definition) is 3. The molecule has 5 nitrogen and oxygen atoms in total. The molecule has 0 saturated carbocycles. The van der Waals surface area contributed by atoms with Crippen molar-refractivity contribution in [3.63, 3.8) is 0 Å². The summed E-state index contributed by atoms with van der Waals surface area (Å²) in [7, 11) is -3.56. The van der Waals surface area contributed by atoms with Crippen LogP contribution in [0.2, 0.25) is 0 Å². The van der Waals surface area contributed by atoms with Gasteiger partial charge < -0.3 is 4.74 Å². The zero-order valence-corrected chi connectivity index (χ0v) is 11.5. The van der Waals surface area contributed by atoms with Crippen molar-refractivity contribution in [2.75, 3.05) is 26.3 Å². The SMILES string of the molecule is CC(NS(=O)(=O)N1CCOCC1)c1cccc(F)c1. The van der Waals surface area contributed by atoms with Crippen molar-refractivity contribution < 1.29 is 17.5 Å². The van der Waals surface area contributed by atoms with E-state index in [1.165, 1.54) is 16.4 Å². The van der Waals surface area contributed by atoms with Gasteiger partial charge in [0, 0.05) is 19.1 Å². The Morgan fingerprint density at radius 3 is 2.68 bits per heavy atom. The van der Waals surface area contributed by atoms with Gasteiger partial charge in [0.1, 0.15) is 5.82 Å². The van der Waals surface area contributed by atoms with Gasteiger partial charge >= 0.3 is 0 Å². The third kappa shape index (κ3) is 3.73. The normalized spacial score (nSPS) is 19.3. The molecule has 1 fully saturated rings. The first-order valence-electron chi connectivity index (χ1n) is 6.09. The Morgan fingerprint density at radius 2 is 2.05 bits per heavy atom. The third-order valence-electron chi connectivity index (χ3n) is 2.98. The van der Waals surface area contributed by atoms with E-state index in [9.17, 15) is 12.8 Å². The summed E-state index contributed by atoms with van der Waals surface area (Å²) in [5, 5.41) is 0. The van der Waals surface area contributed by atoms with Gasteiger partial charge in [-0.15, -0.1) is 0 Å². The molecule has 106 valence electrons. The van der Waals surface area contributed by atoms with Crippen molar-refractivity contribution in [3.8, 4) is 0 Å². The molecule has 0 bridgehead atoms. The van der Waals surface area contributed by atoms with Crippen LogP contribution in [0, 0.1) is 5.82 Å². The summed E-state index contributed by atoms with van der Waals surface area (Å²) in [4.78, 5) is 0. The summed E-state index contributed by atoms with van der Waals surface area (Å²) in [5.74, 6) is -0.380. The molecule has 19 heavy (non-hydrogen) atoms. The largest absolute Gasteiger partial charge is 0.379 e. The first-order valence-corrected chi connectivity index (χ1v) is 7.53. The molecule has 0 aliphatic carbocycles. The van der Waals surface area contributed by atoms with Crippen LogP contribution in [0.25, 0.3) is 0 Å². The van der Waals surface area contributed by atoms with E-state index < -0.39 is 16.3 Å². The van der Waals surface area contributed by atoms with Gasteiger partial charge in [0.25, 0.3) is 10.2 Å². The van der Waals surface area contributed by atoms with Crippen molar-refractivity contribution in [1.82, 2.24) is 9.03 Å². The van der Waals surface area contributed by atoms with Crippen LogP contribution in [0.4, 0.5) is 4.39 Å². The highest BCUT2D eigenvalue weighted by atomic mass is 32.2. The van der Waals surface area contributed by atoms with E-state index in [1.54, 1.807) is 19.1 Å². The molecule has 1 aromatic rings. The van der Waals surface area contributed by atoms with Crippen molar-refractivity contribution >= 4 is 10.2 Å². The fourth-order valence-corrected chi connectivity index (χ4v) is 3.29. The second-order valence-electron chi connectivity index (χ2n) is 4.41. The Labute approximate surface area is 112 Å². The molecule has 0 aromatic heterocycles. The number of morpholine rings is 1. The van der Waals surface area contributed by atoms with Gasteiger partial charge in [0.2, 0.25) is 0 Å². The van der Waals surface area contributed by atoms with Crippen LogP contribution >= 0.6 is 0 Å². The molecule has 1 saturated heterocycles. The monoisotopic (exact) mass is 288 g/mol. The molecule has 7 heteroatoms. The van der Waals surface area contributed by atoms with Gasteiger partial charge in [-0.05, 0) is 24.6 Å². The molecule has 1 N–H and O–H groups in total. The number of nitrogens with one attached hydrogen (secondary N) is 1. The van der Waals surface area contributed by atoms with Crippen molar-refractivity contribution in [2.45, 2.75) is 13.0 Å². The van der Waals surface area contributed by atoms with Gasteiger partial charge in [0.15, 0.2) is 0 Å². The molecule has 1 heterocycles. The summed E-state index contributed by atoms with van der Waals surface area (Å²) in [6.07, 6.45) is 0. The highest BCUT2D eigenvalue weighted by Crippen LogP contribution is 2.16. The minimum absolute atomic E-state index is 0.338. The van der Waals surface area contributed by atoms with E-state index in [-0.39, 0.29) is 5.82 Å².